The van der Waals surface area contributed by atoms with Crippen LogP contribution in [0.2, 0.25) is 0 Å². The van der Waals surface area contributed by atoms with E-state index in [0.29, 0.717) is 17.7 Å². The highest BCUT2D eigenvalue weighted by molar-refractivity contribution is 5.84. The summed E-state index contributed by atoms with van der Waals surface area (Å²) in [6.07, 6.45) is 6.72. The molecule has 2 aromatic carbocycles. The molecule has 2 aromatic heterocycles. The van der Waals surface area contributed by atoms with Crippen molar-refractivity contribution in [2.45, 2.75) is 25.8 Å². The Morgan fingerprint density at radius 3 is 2.65 bits per heavy atom. The van der Waals surface area contributed by atoms with Crippen LogP contribution in [0.4, 0.5) is 0 Å². The van der Waals surface area contributed by atoms with E-state index in [9.17, 15) is 4.79 Å². The maximum Gasteiger partial charge on any atom is 0.225 e. The molecule has 3 heterocycles. The number of hydrogen-bond acceptors (Lipinski definition) is 4. The normalized spacial score (nSPS) is 18.7. The molecule has 1 saturated carbocycles. The summed E-state index contributed by atoms with van der Waals surface area (Å²) < 4.78 is 7.43. The van der Waals surface area contributed by atoms with Crippen LogP contribution in [0.5, 0.6) is 0 Å². The lowest BCUT2D eigenvalue weighted by Crippen LogP contribution is -2.30. The van der Waals surface area contributed by atoms with Gasteiger partial charge in [-0.15, -0.1) is 5.10 Å². The maximum absolute atomic E-state index is 12.3. The number of likely N-dealkylation sites (tertiary alicyclic amines) is 1. The lowest BCUT2D eigenvalue weighted by Gasteiger charge is -2.16. The van der Waals surface area contributed by atoms with E-state index in [2.05, 4.69) is 46.7 Å². The van der Waals surface area contributed by atoms with Gasteiger partial charge in [0.25, 0.3) is 0 Å². The molecule has 1 aliphatic carbocycles. The Morgan fingerprint density at radius 2 is 1.81 bits per heavy atom. The van der Waals surface area contributed by atoms with E-state index in [0.717, 1.165) is 66.7 Å². The van der Waals surface area contributed by atoms with Crippen LogP contribution in [0.1, 0.15) is 19.3 Å². The van der Waals surface area contributed by atoms with Crippen molar-refractivity contribution in [1.29, 1.82) is 0 Å². The van der Waals surface area contributed by atoms with Gasteiger partial charge in [-0.05, 0) is 54.5 Å². The second-order valence-electron chi connectivity index (χ2n) is 8.77. The van der Waals surface area contributed by atoms with Crippen LogP contribution in [-0.2, 0) is 11.3 Å². The molecule has 6 rings (SSSR count). The Hall–Kier alpha value is -3.41. The topological polar surface area (TPSA) is 64.2 Å². The lowest BCUT2D eigenvalue weighted by molar-refractivity contribution is -0.131. The summed E-state index contributed by atoms with van der Waals surface area (Å²) in [6, 6.07) is 16.8. The zero-order valence-electron chi connectivity index (χ0n) is 17.3. The molecule has 4 aromatic rings. The SMILES string of the molecule is O=C(C1CC1)N1CCC(Cn2nncc2-c2ccc(-c3ccc4occc4c3)cc2)C1. The first-order chi connectivity index (χ1) is 15.2. The minimum Gasteiger partial charge on any atom is -0.464 e. The minimum absolute atomic E-state index is 0.299. The molecule has 1 saturated heterocycles. The van der Waals surface area contributed by atoms with Crippen LogP contribution in [0.3, 0.4) is 0 Å². The lowest BCUT2D eigenvalue weighted by atomic mass is 10.0. The Balaban J connectivity index is 1.18. The molecule has 31 heavy (non-hydrogen) atoms. The second-order valence-corrected chi connectivity index (χ2v) is 8.77. The van der Waals surface area contributed by atoms with Crippen molar-refractivity contribution in [1.82, 2.24) is 19.9 Å². The number of hydrogen-bond donors (Lipinski definition) is 0. The first-order valence-corrected chi connectivity index (χ1v) is 11.0. The first kappa shape index (κ1) is 18.4. The summed E-state index contributed by atoms with van der Waals surface area (Å²) in [7, 11) is 0. The summed E-state index contributed by atoms with van der Waals surface area (Å²) in [5.41, 5.74) is 5.35. The van der Waals surface area contributed by atoms with Crippen molar-refractivity contribution in [3.63, 3.8) is 0 Å². The van der Waals surface area contributed by atoms with Gasteiger partial charge in [0.05, 0.1) is 18.2 Å². The van der Waals surface area contributed by atoms with Crippen LogP contribution < -0.4 is 0 Å². The molecule has 0 spiro atoms. The molecule has 0 N–H and O–H groups in total. The first-order valence-electron chi connectivity index (χ1n) is 11.0. The second kappa shape index (κ2) is 7.38. The van der Waals surface area contributed by atoms with Gasteiger partial charge in [-0.25, -0.2) is 4.68 Å². The highest BCUT2D eigenvalue weighted by Crippen LogP contribution is 2.33. The number of rotatable bonds is 5. The number of benzene rings is 2. The van der Waals surface area contributed by atoms with Gasteiger partial charge in [0.1, 0.15) is 5.58 Å². The van der Waals surface area contributed by atoms with Crippen molar-refractivity contribution < 1.29 is 9.21 Å². The summed E-state index contributed by atoms with van der Waals surface area (Å²) in [5, 5.41) is 9.60. The van der Waals surface area contributed by atoms with Gasteiger partial charge in [0.15, 0.2) is 0 Å². The highest BCUT2D eigenvalue weighted by Gasteiger charge is 2.36. The number of fused-ring (bicyclic) bond motifs is 1. The van der Waals surface area contributed by atoms with Gasteiger partial charge in [0, 0.05) is 36.5 Å². The van der Waals surface area contributed by atoms with E-state index in [4.69, 9.17) is 4.42 Å². The van der Waals surface area contributed by atoms with Gasteiger partial charge < -0.3 is 9.32 Å². The van der Waals surface area contributed by atoms with Crippen LogP contribution in [0.15, 0.2) is 65.4 Å². The quantitative estimate of drug-likeness (QED) is 0.480. The molecule has 1 amide bonds. The number of carbonyl (C=O) groups excluding carboxylic acids is 1. The average Bonchev–Trinajstić information content (AvgIpc) is 3.17. The molecule has 1 atom stereocenters. The number of amides is 1. The monoisotopic (exact) mass is 412 g/mol. The van der Waals surface area contributed by atoms with Crippen molar-refractivity contribution in [3.05, 3.63) is 61.0 Å². The van der Waals surface area contributed by atoms with Gasteiger partial charge in [0.2, 0.25) is 5.91 Å². The Morgan fingerprint density at radius 1 is 1.00 bits per heavy atom. The van der Waals surface area contributed by atoms with Crippen molar-refractivity contribution in [2.75, 3.05) is 13.1 Å². The van der Waals surface area contributed by atoms with Gasteiger partial charge in [-0.1, -0.05) is 35.5 Å². The highest BCUT2D eigenvalue weighted by atomic mass is 16.3. The molecule has 6 heteroatoms. The number of aromatic nitrogens is 3. The fourth-order valence-electron chi connectivity index (χ4n) is 4.61. The Kier molecular flexibility index (Phi) is 4.37. The standard InChI is InChI=1S/C25H24N4O2/c30-25(20-5-6-20)28-11-9-17(15-28)16-29-23(14-26-27-29)19-3-1-18(2-4-19)21-7-8-24-22(13-21)10-12-31-24/h1-4,7-8,10,12-14,17,20H,5-6,9,11,15-16H2. The van der Waals surface area contributed by atoms with E-state index in [-0.39, 0.29) is 0 Å². The van der Waals surface area contributed by atoms with E-state index in [1.54, 1.807) is 6.26 Å². The third-order valence-electron chi connectivity index (χ3n) is 6.54. The smallest absolute Gasteiger partial charge is 0.225 e. The summed E-state index contributed by atoms with van der Waals surface area (Å²) in [6.45, 7) is 2.51. The van der Waals surface area contributed by atoms with Gasteiger partial charge in [-0.2, -0.15) is 0 Å². The minimum atomic E-state index is 0.299. The molecule has 0 radical (unpaired) electrons. The third-order valence-corrected chi connectivity index (χ3v) is 6.54. The predicted octanol–water partition coefficient (Wildman–Crippen LogP) is 4.62. The summed E-state index contributed by atoms with van der Waals surface area (Å²) >= 11 is 0. The predicted molar refractivity (Wildman–Crippen MR) is 118 cm³/mol. The summed E-state index contributed by atoms with van der Waals surface area (Å²) in [5.74, 6) is 1.09. The fourth-order valence-corrected chi connectivity index (χ4v) is 4.61. The molecule has 6 nitrogen and oxygen atoms in total. The molecule has 0 bridgehead atoms. The van der Waals surface area contributed by atoms with Crippen LogP contribution in [0, 0.1) is 11.8 Å². The zero-order chi connectivity index (χ0) is 20.8. The van der Waals surface area contributed by atoms with Gasteiger partial charge in [-0.3, -0.25) is 4.79 Å². The molecule has 1 unspecified atom stereocenters. The third kappa shape index (κ3) is 3.52. The van der Waals surface area contributed by atoms with E-state index in [1.165, 1.54) is 5.56 Å². The van der Waals surface area contributed by atoms with Crippen molar-refractivity contribution in [2.24, 2.45) is 11.8 Å². The Labute approximate surface area is 180 Å². The van der Waals surface area contributed by atoms with Crippen LogP contribution in [-0.4, -0.2) is 38.9 Å². The van der Waals surface area contributed by atoms with Crippen molar-refractivity contribution in [3.8, 4) is 22.4 Å². The van der Waals surface area contributed by atoms with Crippen LogP contribution >= 0.6 is 0 Å². The molecule has 156 valence electrons. The van der Waals surface area contributed by atoms with E-state index >= 15 is 0 Å². The molecule has 2 fully saturated rings. The fraction of sp³-hybridized carbons (Fsp3) is 0.320. The zero-order valence-corrected chi connectivity index (χ0v) is 17.3. The number of furan rings is 1. The summed E-state index contributed by atoms with van der Waals surface area (Å²) in [4.78, 5) is 14.4. The van der Waals surface area contributed by atoms with Crippen LogP contribution in [0.25, 0.3) is 33.4 Å². The largest absolute Gasteiger partial charge is 0.464 e. The maximum atomic E-state index is 12.3. The van der Waals surface area contributed by atoms with Gasteiger partial charge >= 0.3 is 0 Å². The molecule has 1 aliphatic heterocycles. The Bertz CT molecular complexity index is 1240. The average molecular weight is 412 g/mol. The number of carbonyl (C=O) groups is 1. The number of nitrogens with zero attached hydrogens (tertiary/aromatic N) is 4. The van der Waals surface area contributed by atoms with E-state index < -0.39 is 0 Å². The molecular formula is C25H24N4O2. The molecule has 2 aliphatic rings. The van der Waals surface area contributed by atoms with E-state index in [1.807, 2.05) is 27.9 Å². The molecular weight excluding hydrogens is 388 g/mol. The van der Waals surface area contributed by atoms with Crippen molar-refractivity contribution >= 4 is 16.9 Å².